The average molecular weight is 471 g/mol. The molecule has 1 aliphatic heterocycles. The van der Waals surface area contributed by atoms with Gasteiger partial charge in [-0.25, -0.2) is 0 Å². The molecule has 0 saturated carbocycles. The van der Waals surface area contributed by atoms with Crippen LogP contribution in [0.2, 0.25) is 0 Å². The highest BCUT2D eigenvalue weighted by Gasteiger charge is 2.34. The van der Waals surface area contributed by atoms with Crippen LogP contribution in [0.5, 0.6) is 0 Å². The average Bonchev–Trinajstić information content (AvgIpc) is 2.72. The summed E-state index contributed by atoms with van der Waals surface area (Å²) in [7, 11) is 0. The van der Waals surface area contributed by atoms with Crippen molar-refractivity contribution in [3.8, 4) is 0 Å². The maximum absolute atomic E-state index is 13.0. The summed E-state index contributed by atoms with van der Waals surface area (Å²) in [4.78, 5) is 61.7. The molecule has 1 heterocycles. The van der Waals surface area contributed by atoms with E-state index in [4.69, 9.17) is 0 Å². The zero-order valence-corrected chi connectivity index (χ0v) is 19.5. The molecule has 0 spiro atoms. The van der Waals surface area contributed by atoms with Gasteiger partial charge in [-0.05, 0) is 31.1 Å². The highest BCUT2D eigenvalue weighted by molar-refractivity contribution is 6.35. The SMILES string of the molecule is C=C(CCF)NC(=O)C(=O)N[C@@H](CC(C)(C)C)C(=O)N[C@@H](CC1CCCNC1=O)C(=O)CO. The van der Waals surface area contributed by atoms with Gasteiger partial charge in [0.1, 0.15) is 12.6 Å². The normalized spacial score (nSPS) is 17.8. The Morgan fingerprint density at radius 1 is 1.18 bits per heavy atom. The van der Waals surface area contributed by atoms with Gasteiger partial charge in [-0.15, -0.1) is 0 Å². The molecule has 1 aliphatic rings. The van der Waals surface area contributed by atoms with E-state index < -0.39 is 60.2 Å². The number of nitrogens with one attached hydrogen (secondary N) is 4. The van der Waals surface area contributed by atoms with Crippen LogP contribution < -0.4 is 21.3 Å². The van der Waals surface area contributed by atoms with Crippen molar-refractivity contribution < 1.29 is 33.5 Å². The Hall–Kier alpha value is -2.82. The third kappa shape index (κ3) is 10.1. The minimum Gasteiger partial charge on any atom is -0.389 e. The van der Waals surface area contributed by atoms with Gasteiger partial charge >= 0.3 is 11.8 Å². The summed E-state index contributed by atoms with van der Waals surface area (Å²) >= 11 is 0. The van der Waals surface area contributed by atoms with E-state index >= 15 is 0 Å². The number of aliphatic hydroxyl groups excluding tert-OH is 1. The van der Waals surface area contributed by atoms with Gasteiger partial charge in [0, 0.05) is 24.6 Å². The summed E-state index contributed by atoms with van der Waals surface area (Å²) in [5, 5.41) is 19.1. The van der Waals surface area contributed by atoms with Crippen molar-refractivity contribution >= 4 is 29.4 Å². The van der Waals surface area contributed by atoms with Gasteiger partial charge < -0.3 is 26.4 Å². The molecule has 0 aliphatic carbocycles. The Morgan fingerprint density at radius 3 is 2.39 bits per heavy atom. The number of Topliss-reactive ketones (excluding diaryl/α,β-unsaturated/α-hetero) is 1. The van der Waals surface area contributed by atoms with Crippen molar-refractivity contribution in [2.24, 2.45) is 11.3 Å². The number of amides is 4. The number of halogens is 1. The molecule has 33 heavy (non-hydrogen) atoms. The predicted octanol–water partition coefficient (Wildman–Crippen LogP) is -0.141. The number of carbonyl (C=O) groups excluding carboxylic acids is 5. The number of hydrogen-bond donors (Lipinski definition) is 5. The largest absolute Gasteiger partial charge is 0.389 e. The molecular formula is C22H35FN4O6. The van der Waals surface area contributed by atoms with Crippen LogP contribution in [-0.4, -0.2) is 66.4 Å². The molecule has 0 aromatic carbocycles. The Bertz CT molecular complexity index is 764. The molecular weight excluding hydrogens is 435 g/mol. The fourth-order valence-corrected chi connectivity index (χ4v) is 3.44. The first-order valence-corrected chi connectivity index (χ1v) is 10.9. The minimum absolute atomic E-state index is 0.0106. The quantitative estimate of drug-likeness (QED) is 0.265. The molecule has 4 amide bonds. The summed E-state index contributed by atoms with van der Waals surface area (Å²) < 4.78 is 12.4. The van der Waals surface area contributed by atoms with Gasteiger partial charge in [0.05, 0.1) is 12.7 Å². The maximum atomic E-state index is 13.0. The second-order valence-electron chi connectivity index (χ2n) is 9.34. The molecule has 0 radical (unpaired) electrons. The molecule has 0 aromatic heterocycles. The first kappa shape index (κ1) is 28.2. The van der Waals surface area contributed by atoms with Crippen LogP contribution in [0, 0.1) is 11.3 Å². The van der Waals surface area contributed by atoms with Crippen LogP contribution in [0.3, 0.4) is 0 Å². The van der Waals surface area contributed by atoms with E-state index in [1.807, 2.05) is 20.8 Å². The molecule has 1 unspecified atom stereocenters. The molecule has 1 saturated heterocycles. The first-order chi connectivity index (χ1) is 15.4. The summed E-state index contributed by atoms with van der Waals surface area (Å²) in [6, 6.07) is -2.30. The summed E-state index contributed by atoms with van der Waals surface area (Å²) in [5.41, 5.74) is -0.419. The van der Waals surface area contributed by atoms with Crippen molar-refractivity contribution in [2.45, 2.75) is 65.0 Å². The molecule has 11 heteroatoms. The fourth-order valence-electron chi connectivity index (χ4n) is 3.44. The maximum Gasteiger partial charge on any atom is 0.313 e. The van der Waals surface area contributed by atoms with E-state index in [0.29, 0.717) is 13.0 Å². The van der Waals surface area contributed by atoms with Gasteiger partial charge in [0.2, 0.25) is 11.8 Å². The van der Waals surface area contributed by atoms with Crippen LogP contribution >= 0.6 is 0 Å². The summed E-state index contributed by atoms with van der Waals surface area (Å²) in [5.74, 6) is -4.32. The number of piperidine rings is 1. The monoisotopic (exact) mass is 470 g/mol. The van der Waals surface area contributed by atoms with Gasteiger partial charge in [-0.1, -0.05) is 27.4 Å². The molecule has 1 fully saturated rings. The standard InChI is InChI=1S/C22H35FN4O6/c1-13(7-8-23)25-20(32)21(33)27-16(11-22(2,3)4)19(31)26-15(17(29)12-28)10-14-6-5-9-24-18(14)30/h14-16,28H,1,5-12H2,2-4H3,(H,24,30)(H,25,32)(H,26,31)(H,27,33)/t14?,15-,16-/m0/s1. The fraction of sp³-hybridized carbons (Fsp3) is 0.682. The highest BCUT2D eigenvalue weighted by atomic mass is 19.1. The van der Waals surface area contributed by atoms with Crippen LogP contribution in [0.1, 0.15) is 52.9 Å². The number of ketones is 1. The third-order valence-electron chi connectivity index (χ3n) is 5.11. The van der Waals surface area contributed by atoms with Crippen molar-refractivity contribution in [3.05, 3.63) is 12.3 Å². The van der Waals surface area contributed by atoms with E-state index in [9.17, 15) is 33.5 Å². The molecule has 0 bridgehead atoms. The minimum atomic E-state index is -1.17. The zero-order valence-electron chi connectivity index (χ0n) is 19.5. The van der Waals surface area contributed by atoms with Gasteiger partial charge in [-0.3, -0.25) is 28.4 Å². The molecule has 1 rings (SSSR count). The lowest BCUT2D eigenvalue weighted by Gasteiger charge is -2.29. The molecule has 186 valence electrons. The topological polar surface area (TPSA) is 154 Å². The Labute approximate surface area is 193 Å². The molecule has 5 N–H and O–H groups in total. The lowest BCUT2D eigenvalue weighted by molar-refractivity contribution is -0.141. The number of aliphatic hydroxyl groups is 1. The van der Waals surface area contributed by atoms with Crippen LogP contribution in [0.25, 0.3) is 0 Å². The van der Waals surface area contributed by atoms with Crippen LogP contribution in [0.4, 0.5) is 4.39 Å². The van der Waals surface area contributed by atoms with Crippen LogP contribution in [-0.2, 0) is 24.0 Å². The smallest absolute Gasteiger partial charge is 0.313 e. The molecule has 3 atom stereocenters. The zero-order chi connectivity index (χ0) is 25.2. The second-order valence-corrected chi connectivity index (χ2v) is 9.34. The van der Waals surface area contributed by atoms with Gasteiger partial charge in [-0.2, -0.15) is 0 Å². The summed E-state index contributed by atoms with van der Waals surface area (Å²) in [6.45, 7) is 7.88. The number of carbonyl (C=O) groups is 5. The van der Waals surface area contributed by atoms with Crippen molar-refractivity contribution in [1.82, 2.24) is 21.3 Å². The van der Waals surface area contributed by atoms with Crippen molar-refractivity contribution in [2.75, 3.05) is 19.8 Å². The lowest BCUT2D eigenvalue weighted by Crippen LogP contribution is -2.56. The highest BCUT2D eigenvalue weighted by Crippen LogP contribution is 2.22. The van der Waals surface area contributed by atoms with Gasteiger partial charge in [0.25, 0.3) is 0 Å². The second kappa shape index (κ2) is 13.0. The first-order valence-electron chi connectivity index (χ1n) is 10.9. The van der Waals surface area contributed by atoms with E-state index in [-0.39, 0.29) is 30.9 Å². The van der Waals surface area contributed by atoms with Gasteiger partial charge in [0.15, 0.2) is 5.78 Å². The lowest BCUT2D eigenvalue weighted by atomic mass is 9.87. The molecule has 0 aromatic rings. The predicted molar refractivity (Wildman–Crippen MR) is 118 cm³/mol. The Morgan fingerprint density at radius 2 is 1.85 bits per heavy atom. The van der Waals surface area contributed by atoms with E-state index in [2.05, 4.69) is 27.8 Å². The Kier molecular flexibility index (Phi) is 11.1. The van der Waals surface area contributed by atoms with E-state index in [1.54, 1.807) is 0 Å². The van der Waals surface area contributed by atoms with E-state index in [0.717, 1.165) is 6.42 Å². The van der Waals surface area contributed by atoms with Crippen LogP contribution in [0.15, 0.2) is 12.3 Å². The van der Waals surface area contributed by atoms with Crippen molar-refractivity contribution in [1.29, 1.82) is 0 Å². The number of allylic oxidation sites excluding steroid dienone is 1. The number of alkyl halides is 1. The number of rotatable bonds is 11. The number of hydrogen-bond acceptors (Lipinski definition) is 6. The summed E-state index contributed by atoms with van der Waals surface area (Å²) in [6.07, 6.45) is 1.27. The van der Waals surface area contributed by atoms with Crippen molar-refractivity contribution in [3.63, 3.8) is 0 Å². The molecule has 10 nitrogen and oxygen atoms in total. The third-order valence-corrected chi connectivity index (χ3v) is 5.11. The van der Waals surface area contributed by atoms with E-state index in [1.165, 1.54) is 0 Å². The Balaban J connectivity index is 2.94.